The number of fused-ring (bicyclic) bond motifs is 1. The van der Waals surface area contributed by atoms with Gasteiger partial charge in [-0.2, -0.15) is 0 Å². The van der Waals surface area contributed by atoms with E-state index in [1.54, 1.807) is 13.8 Å². The van der Waals surface area contributed by atoms with Gasteiger partial charge in [-0.1, -0.05) is 64.7 Å². The van der Waals surface area contributed by atoms with E-state index >= 15 is 0 Å². The van der Waals surface area contributed by atoms with Gasteiger partial charge in [0.1, 0.15) is 18.3 Å². The number of sulfonamides is 1. The van der Waals surface area contributed by atoms with Gasteiger partial charge >= 0.3 is 0 Å². The molecular formula is C23H45NO6S. The van der Waals surface area contributed by atoms with Crippen LogP contribution in [0.4, 0.5) is 0 Å². The first-order valence-electron chi connectivity index (χ1n) is 12.3. The van der Waals surface area contributed by atoms with Gasteiger partial charge in [0.2, 0.25) is 10.0 Å². The van der Waals surface area contributed by atoms with Gasteiger partial charge in [-0.25, -0.2) is 13.1 Å². The first-order chi connectivity index (χ1) is 14.7. The molecule has 5 atom stereocenters. The third-order valence-corrected chi connectivity index (χ3v) is 7.56. The summed E-state index contributed by atoms with van der Waals surface area (Å²) in [5.74, 6) is -0.709. The highest BCUT2D eigenvalue weighted by Gasteiger charge is 2.57. The van der Waals surface area contributed by atoms with Crippen LogP contribution in [0.5, 0.6) is 0 Å². The molecule has 2 saturated heterocycles. The summed E-state index contributed by atoms with van der Waals surface area (Å²) >= 11 is 0. The van der Waals surface area contributed by atoms with Gasteiger partial charge in [-0.05, 0) is 34.1 Å². The largest absolute Gasteiger partial charge is 0.350 e. The van der Waals surface area contributed by atoms with E-state index in [-0.39, 0.29) is 18.0 Å². The minimum atomic E-state index is -3.34. The Bertz CT molecular complexity index is 611. The molecular weight excluding hydrogens is 418 g/mol. The molecule has 1 N–H and O–H groups in total. The van der Waals surface area contributed by atoms with Crippen LogP contribution in [0.15, 0.2) is 0 Å². The van der Waals surface area contributed by atoms with E-state index in [1.165, 1.54) is 51.4 Å². The summed E-state index contributed by atoms with van der Waals surface area (Å²) in [6.07, 6.45) is 11.0. The molecule has 0 amide bonds. The Labute approximate surface area is 190 Å². The van der Waals surface area contributed by atoms with Crippen molar-refractivity contribution in [2.24, 2.45) is 0 Å². The maximum Gasteiger partial charge on any atom is 0.211 e. The van der Waals surface area contributed by atoms with Crippen molar-refractivity contribution in [1.29, 1.82) is 0 Å². The fourth-order valence-electron chi connectivity index (χ4n) is 4.35. The molecule has 0 saturated carbocycles. The maximum atomic E-state index is 12.0. The predicted molar refractivity (Wildman–Crippen MR) is 122 cm³/mol. The summed E-state index contributed by atoms with van der Waals surface area (Å²) < 4.78 is 50.8. The van der Waals surface area contributed by atoms with E-state index in [0.29, 0.717) is 6.61 Å². The van der Waals surface area contributed by atoms with E-state index in [0.717, 1.165) is 12.8 Å². The van der Waals surface area contributed by atoms with Gasteiger partial charge < -0.3 is 18.9 Å². The summed E-state index contributed by atoms with van der Waals surface area (Å²) in [5, 5.41) is 0. The molecule has 7 nitrogen and oxygen atoms in total. The molecule has 0 aromatic rings. The zero-order valence-electron chi connectivity index (χ0n) is 20.2. The van der Waals surface area contributed by atoms with E-state index in [4.69, 9.17) is 18.9 Å². The lowest BCUT2D eigenvalue weighted by atomic mass is 10.1. The molecule has 184 valence electrons. The van der Waals surface area contributed by atoms with Crippen molar-refractivity contribution in [3.05, 3.63) is 0 Å². The third-order valence-electron chi connectivity index (χ3n) is 6.07. The lowest BCUT2D eigenvalue weighted by Crippen LogP contribution is -2.47. The lowest BCUT2D eigenvalue weighted by Gasteiger charge is -2.27. The minimum Gasteiger partial charge on any atom is -0.350 e. The van der Waals surface area contributed by atoms with Gasteiger partial charge in [0, 0.05) is 12.6 Å². The molecule has 2 rings (SSSR count). The summed E-state index contributed by atoms with van der Waals surface area (Å²) in [6, 6.07) is -0.430. The van der Waals surface area contributed by atoms with Crippen molar-refractivity contribution in [3.8, 4) is 0 Å². The summed E-state index contributed by atoms with van der Waals surface area (Å²) in [6.45, 7) is 10.00. The third kappa shape index (κ3) is 8.89. The molecule has 0 aromatic heterocycles. The number of unbranched alkanes of at least 4 members (excludes halogenated alkanes) is 9. The Morgan fingerprint density at radius 3 is 2.03 bits per heavy atom. The van der Waals surface area contributed by atoms with E-state index in [2.05, 4.69) is 11.6 Å². The van der Waals surface area contributed by atoms with Crippen LogP contribution in [-0.2, 0) is 29.0 Å². The molecule has 0 spiro atoms. The van der Waals surface area contributed by atoms with Crippen LogP contribution in [0.1, 0.15) is 98.8 Å². The highest BCUT2D eigenvalue weighted by molar-refractivity contribution is 7.89. The topological polar surface area (TPSA) is 83.1 Å². The van der Waals surface area contributed by atoms with Crippen molar-refractivity contribution in [2.75, 3.05) is 12.4 Å². The van der Waals surface area contributed by atoms with Crippen LogP contribution >= 0.6 is 0 Å². The molecule has 0 unspecified atom stereocenters. The van der Waals surface area contributed by atoms with Crippen LogP contribution in [-0.4, -0.2) is 57.2 Å². The number of hydrogen-bond acceptors (Lipinski definition) is 6. The SMILES string of the molecule is CCCCCCCCCCCCO[C@H]1O[C@H]([C@H](C)NS(=O)(=O)CC)[C@@H]2OC(C)(C)O[C@H]12. The second kappa shape index (κ2) is 12.8. The van der Waals surface area contributed by atoms with Gasteiger partial charge in [0.25, 0.3) is 0 Å². The Morgan fingerprint density at radius 2 is 1.45 bits per heavy atom. The van der Waals surface area contributed by atoms with Crippen LogP contribution in [0.3, 0.4) is 0 Å². The summed E-state index contributed by atoms with van der Waals surface area (Å²) in [4.78, 5) is 0. The van der Waals surface area contributed by atoms with Gasteiger partial charge in [-0.3, -0.25) is 0 Å². The maximum absolute atomic E-state index is 12.0. The van der Waals surface area contributed by atoms with E-state index in [9.17, 15) is 8.42 Å². The van der Waals surface area contributed by atoms with Crippen molar-refractivity contribution in [2.45, 2.75) is 135 Å². The van der Waals surface area contributed by atoms with Gasteiger partial charge in [0.15, 0.2) is 12.1 Å². The fourth-order valence-corrected chi connectivity index (χ4v) is 5.22. The Balaban J connectivity index is 1.71. The lowest BCUT2D eigenvalue weighted by molar-refractivity contribution is -0.235. The zero-order chi connectivity index (χ0) is 22.9. The number of hydrogen-bond donors (Lipinski definition) is 1. The van der Waals surface area contributed by atoms with Crippen LogP contribution in [0, 0.1) is 0 Å². The fraction of sp³-hybridized carbons (Fsp3) is 1.00. The predicted octanol–water partition coefficient (Wildman–Crippen LogP) is 4.50. The van der Waals surface area contributed by atoms with Crippen molar-refractivity contribution in [1.82, 2.24) is 4.72 Å². The second-order valence-corrected chi connectivity index (χ2v) is 11.4. The molecule has 2 heterocycles. The van der Waals surface area contributed by atoms with Crippen molar-refractivity contribution < 1.29 is 27.4 Å². The Morgan fingerprint density at radius 1 is 0.903 bits per heavy atom. The number of rotatable bonds is 16. The van der Waals surface area contributed by atoms with E-state index in [1.807, 2.05) is 13.8 Å². The van der Waals surface area contributed by atoms with Crippen molar-refractivity contribution >= 4 is 10.0 Å². The normalized spacial score (nSPS) is 28.7. The molecule has 2 aliphatic rings. The summed E-state index contributed by atoms with van der Waals surface area (Å²) in [5.41, 5.74) is 0. The zero-order valence-corrected chi connectivity index (χ0v) is 21.0. The number of nitrogens with one attached hydrogen (secondary N) is 1. The van der Waals surface area contributed by atoms with Crippen LogP contribution in [0.2, 0.25) is 0 Å². The highest BCUT2D eigenvalue weighted by Crippen LogP contribution is 2.40. The van der Waals surface area contributed by atoms with Crippen LogP contribution in [0.25, 0.3) is 0 Å². The smallest absolute Gasteiger partial charge is 0.211 e. The van der Waals surface area contributed by atoms with Crippen LogP contribution < -0.4 is 4.72 Å². The molecule has 2 aliphatic heterocycles. The molecule has 0 aliphatic carbocycles. The molecule has 2 fully saturated rings. The molecule has 8 heteroatoms. The molecule has 0 bridgehead atoms. The Hall–Kier alpha value is -0.250. The minimum absolute atomic E-state index is 0.0275. The monoisotopic (exact) mass is 463 g/mol. The Kier molecular flexibility index (Phi) is 11.2. The molecule has 31 heavy (non-hydrogen) atoms. The second-order valence-electron chi connectivity index (χ2n) is 9.40. The average Bonchev–Trinajstić information content (AvgIpc) is 3.19. The van der Waals surface area contributed by atoms with Gasteiger partial charge in [-0.15, -0.1) is 0 Å². The standard InChI is InChI=1S/C23H45NO6S/c1-6-8-9-10-11-12-13-14-15-16-17-27-22-21-20(29-23(4,5)30-21)19(28-22)18(3)24-31(25,26)7-2/h18-22,24H,6-17H2,1-5H3/t18-,19+,20-,21-,22-/m0/s1. The van der Waals surface area contributed by atoms with Crippen molar-refractivity contribution in [3.63, 3.8) is 0 Å². The molecule has 0 radical (unpaired) electrons. The molecule has 0 aromatic carbocycles. The summed E-state index contributed by atoms with van der Waals surface area (Å²) in [7, 11) is -3.34. The highest BCUT2D eigenvalue weighted by atomic mass is 32.2. The number of ether oxygens (including phenoxy) is 4. The quantitative estimate of drug-likeness (QED) is 0.339. The first kappa shape index (κ1) is 27.0. The van der Waals surface area contributed by atoms with E-state index < -0.39 is 34.2 Å². The average molecular weight is 464 g/mol. The first-order valence-corrected chi connectivity index (χ1v) is 14.0. The van der Waals surface area contributed by atoms with Gasteiger partial charge in [0.05, 0.1) is 5.75 Å².